The predicted octanol–water partition coefficient (Wildman–Crippen LogP) is 2.39. The third kappa shape index (κ3) is 3.21. The molecule has 2 aromatic heterocycles. The van der Waals surface area contributed by atoms with Crippen LogP contribution in [0.4, 0.5) is 0 Å². The molecule has 0 saturated heterocycles. The third-order valence-corrected chi connectivity index (χ3v) is 4.03. The molecule has 0 aliphatic carbocycles. The van der Waals surface area contributed by atoms with Crippen molar-refractivity contribution in [3.8, 4) is 0 Å². The van der Waals surface area contributed by atoms with E-state index in [9.17, 15) is 9.59 Å². The predicted molar refractivity (Wildman–Crippen MR) is 76.2 cm³/mol. The Balaban J connectivity index is 2.05. The molecular formula is C14H14N2O3S. The molecule has 104 valence electrons. The summed E-state index contributed by atoms with van der Waals surface area (Å²) in [5.41, 5.74) is 1.36. The highest BCUT2D eigenvalue weighted by Crippen LogP contribution is 2.20. The van der Waals surface area contributed by atoms with Crippen LogP contribution in [0.25, 0.3) is 0 Å². The molecule has 5 nitrogen and oxygen atoms in total. The minimum atomic E-state index is -1.15. The van der Waals surface area contributed by atoms with Gasteiger partial charge < -0.3 is 10.4 Å². The van der Waals surface area contributed by atoms with Crippen LogP contribution < -0.4 is 5.32 Å². The lowest BCUT2D eigenvalue weighted by molar-refractivity contribution is 0.0690. The molecule has 1 amide bonds. The number of hydrogen-bond acceptors (Lipinski definition) is 4. The molecule has 2 aromatic rings. The number of aromatic carboxylic acids is 1. The van der Waals surface area contributed by atoms with Crippen LogP contribution in [0.5, 0.6) is 0 Å². The first-order chi connectivity index (χ1) is 9.47. The Bertz CT molecular complexity index is 645. The number of carbonyl (C=O) groups excluding carboxylic acids is 1. The molecule has 0 radical (unpaired) electrons. The minimum absolute atomic E-state index is 0.138. The van der Waals surface area contributed by atoms with E-state index in [4.69, 9.17) is 5.11 Å². The van der Waals surface area contributed by atoms with Crippen LogP contribution in [0, 0.1) is 13.8 Å². The number of rotatable bonds is 4. The van der Waals surface area contributed by atoms with Gasteiger partial charge in [-0.25, -0.2) is 9.78 Å². The normalized spacial score (nSPS) is 10.3. The van der Waals surface area contributed by atoms with Gasteiger partial charge in [-0.15, -0.1) is 11.3 Å². The van der Waals surface area contributed by atoms with Gasteiger partial charge in [0.15, 0.2) is 0 Å². The van der Waals surface area contributed by atoms with Crippen molar-refractivity contribution in [2.45, 2.75) is 20.4 Å². The molecule has 0 aliphatic heterocycles. The second-order valence-electron chi connectivity index (χ2n) is 4.37. The van der Waals surface area contributed by atoms with E-state index in [1.165, 1.54) is 28.8 Å². The maximum atomic E-state index is 12.0. The van der Waals surface area contributed by atoms with Gasteiger partial charge in [0.1, 0.15) is 5.69 Å². The summed E-state index contributed by atoms with van der Waals surface area (Å²) >= 11 is 1.64. The van der Waals surface area contributed by atoms with E-state index in [0.717, 1.165) is 4.88 Å². The first-order valence-electron chi connectivity index (χ1n) is 6.01. The average Bonchev–Trinajstić information content (AvgIpc) is 2.75. The lowest BCUT2D eigenvalue weighted by atomic mass is 10.2. The van der Waals surface area contributed by atoms with E-state index in [2.05, 4.69) is 10.3 Å². The summed E-state index contributed by atoms with van der Waals surface area (Å²) in [6.07, 6.45) is 1.32. The van der Waals surface area contributed by atoms with Crippen LogP contribution >= 0.6 is 11.3 Å². The highest BCUT2D eigenvalue weighted by atomic mass is 32.1. The second-order valence-corrected chi connectivity index (χ2v) is 5.71. The van der Waals surface area contributed by atoms with Gasteiger partial charge in [0, 0.05) is 21.5 Å². The standard InChI is InChI=1S/C14H14N2O3S/c1-8-5-11(20-9(8)2)7-16-13(17)10-3-4-15-12(6-10)14(18)19/h3-6H,7H2,1-2H3,(H,16,17)(H,18,19). The number of aryl methyl sites for hydroxylation is 2. The van der Waals surface area contributed by atoms with E-state index in [1.54, 1.807) is 11.3 Å². The molecule has 0 aliphatic rings. The monoisotopic (exact) mass is 290 g/mol. The average molecular weight is 290 g/mol. The fraction of sp³-hybridized carbons (Fsp3) is 0.214. The molecular weight excluding hydrogens is 276 g/mol. The maximum absolute atomic E-state index is 12.0. The summed E-state index contributed by atoms with van der Waals surface area (Å²) in [5, 5.41) is 11.6. The first kappa shape index (κ1) is 14.2. The van der Waals surface area contributed by atoms with Crippen molar-refractivity contribution in [3.05, 3.63) is 51.0 Å². The Kier molecular flexibility index (Phi) is 4.14. The number of hydrogen-bond donors (Lipinski definition) is 2. The molecule has 20 heavy (non-hydrogen) atoms. The molecule has 0 fully saturated rings. The molecule has 0 spiro atoms. The summed E-state index contributed by atoms with van der Waals surface area (Å²) in [5.74, 6) is -1.46. The number of carboxylic acid groups (broad SMARTS) is 1. The molecule has 2 rings (SSSR count). The lowest BCUT2D eigenvalue weighted by Crippen LogP contribution is -2.22. The van der Waals surface area contributed by atoms with Crippen LogP contribution in [0.2, 0.25) is 0 Å². The van der Waals surface area contributed by atoms with Gasteiger partial charge in [0.2, 0.25) is 0 Å². The highest BCUT2D eigenvalue weighted by Gasteiger charge is 2.11. The number of carboxylic acids is 1. The fourth-order valence-corrected chi connectivity index (χ4v) is 2.69. The Morgan fingerprint density at radius 2 is 2.10 bits per heavy atom. The van der Waals surface area contributed by atoms with E-state index >= 15 is 0 Å². The summed E-state index contributed by atoms with van der Waals surface area (Å²) in [6, 6.07) is 4.80. The number of carbonyl (C=O) groups is 2. The van der Waals surface area contributed by atoms with Gasteiger partial charge in [-0.2, -0.15) is 0 Å². The number of thiophene rings is 1. The van der Waals surface area contributed by atoms with Crippen LogP contribution in [-0.2, 0) is 6.54 Å². The Labute approximate surface area is 120 Å². The van der Waals surface area contributed by atoms with Crippen molar-refractivity contribution in [3.63, 3.8) is 0 Å². The summed E-state index contributed by atoms with van der Waals surface area (Å²) in [7, 11) is 0. The van der Waals surface area contributed by atoms with Gasteiger partial charge in [-0.3, -0.25) is 4.79 Å². The smallest absolute Gasteiger partial charge is 0.354 e. The molecule has 0 atom stereocenters. The summed E-state index contributed by atoms with van der Waals surface area (Å²) in [6.45, 7) is 4.50. The summed E-state index contributed by atoms with van der Waals surface area (Å²) in [4.78, 5) is 28.7. The van der Waals surface area contributed by atoms with Crippen molar-refractivity contribution >= 4 is 23.2 Å². The molecule has 0 aromatic carbocycles. The molecule has 0 saturated carbocycles. The quantitative estimate of drug-likeness (QED) is 0.906. The highest BCUT2D eigenvalue weighted by molar-refractivity contribution is 7.12. The number of aromatic nitrogens is 1. The van der Waals surface area contributed by atoms with Gasteiger partial charge >= 0.3 is 5.97 Å². The van der Waals surface area contributed by atoms with Crippen molar-refractivity contribution in [2.75, 3.05) is 0 Å². The van der Waals surface area contributed by atoms with Crippen molar-refractivity contribution in [2.24, 2.45) is 0 Å². The summed E-state index contributed by atoms with van der Waals surface area (Å²) < 4.78 is 0. The Hall–Kier alpha value is -2.21. The SMILES string of the molecule is Cc1cc(CNC(=O)c2ccnc(C(=O)O)c2)sc1C. The van der Waals surface area contributed by atoms with Gasteiger partial charge in [0.25, 0.3) is 5.91 Å². The molecule has 2 heterocycles. The zero-order valence-corrected chi connectivity index (χ0v) is 12.0. The second kappa shape index (κ2) is 5.83. The zero-order valence-electron chi connectivity index (χ0n) is 11.1. The number of nitrogens with zero attached hydrogens (tertiary/aromatic N) is 1. The van der Waals surface area contributed by atoms with Crippen molar-refractivity contribution in [1.29, 1.82) is 0 Å². The topological polar surface area (TPSA) is 79.3 Å². The molecule has 0 unspecified atom stereocenters. The number of amides is 1. The molecule has 0 bridgehead atoms. The van der Waals surface area contributed by atoms with Gasteiger partial charge in [-0.1, -0.05) is 0 Å². The number of nitrogens with one attached hydrogen (secondary N) is 1. The lowest BCUT2D eigenvalue weighted by Gasteiger charge is -2.04. The van der Waals surface area contributed by atoms with Gasteiger partial charge in [0.05, 0.1) is 6.54 Å². The third-order valence-electron chi connectivity index (χ3n) is 2.88. The maximum Gasteiger partial charge on any atom is 0.354 e. The fourth-order valence-electron chi connectivity index (χ4n) is 1.70. The Morgan fingerprint density at radius 1 is 1.35 bits per heavy atom. The van der Waals surface area contributed by atoms with Crippen molar-refractivity contribution < 1.29 is 14.7 Å². The van der Waals surface area contributed by atoms with Crippen LogP contribution in [-0.4, -0.2) is 22.0 Å². The van der Waals surface area contributed by atoms with E-state index < -0.39 is 5.97 Å². The number of pyridine rings is 1. The van der Waals surface area contributed by atoms with Crippen LogP contribution in [0.3, 0.4) is 0 Å². The zero-order chi connectivity index (χ0) is 14.7. The largest absolute Gasteiger partial charge is 0.477 e. The molecule has 6 heteroatoms. The van der Waals surface area contributed by atoms with E-state index in [-0.39, 0.29) is 11.6 Å². The van der Waals surface area contributed by atoms with Crippen molar-refractivity contribution in [1.82, 2.24) is 10.3 Å². The van der Waals surface area contributed by atoms with Crippen LogP contribution in [0.1, 0.15) is 36.2 Å². The van der Waals surface area contributed by atoms with E-state index in [1.807, 2.05) is 19.9 Å². The van der Waals surface area contributed by atoms with Crippen LogP contribution in [0.15, 0.2) is 24.4 Å². The molecule has 2 N–H and O–H groups in total. The minimum Gasteiger partial charge on any atom is -0.477 e. The Morgan fingerprint density at radius 3 is 2.70 bits per heavy atom. The first-order valence-corrected chi connectivity index (χ1v) is 6.82. The van der Waals surface area contributed by atoms with Gasteiger partial charge in [-0.05, 0) is 37.6 Å². The van der Waals surface area contributed by atoms with E-state index in [0.29, 0.717) is 12.1 Å².